The zero-order chi connectivity index (χ0) is 49.0. The van der Waals surface area contributed by atoms with Crippen molar-refractivity contribution in [2.45, 2.75) is 143 Å². The molecule has 24 nitrogen and oxygen atoms in total. The molecule has 0 aliphatic carbocycles. The molecule has 24 heteroatoms. The highest BCUT2D eigenvalue weighted by atomic mass is 16.8. The van der Waals surface area contributed by atoms with Crippen LogP contribution in [0.3, 0.4) is 0 Å². The fourth-order valence-corrected chi connectivity index (χ4v) is 7.85. The summed E-state index contributed by atoms with van der Waals surface area (Å²) >= 11 is 0. The third kappa shape index (κ3) is 13.7. The highest BCUT2D eigenvalue weighted by Crippen LogP contribution is 2.38. The van der Waals surface area contributed by atoms with Crippen LogP contribution >= 0.6 is 0 Å². The molecule has 3 aliphatic rings. The number of rotatable bonds is 23. The maximum atomic E-state index is 13.1. The van der Waals surface area contributed by atoms with Crippen LogP contribution in [0.1, 0.15) is 36.8 Å². The summed E-state index contributed by atoms with van der Waals surface area (Å²) in [5.74, 6) is -4.99. The summed E-state index contributed by atoms with van der Waals surface area (Å²) < 4.78 is 39.0. The minimum absolute atomic E-state index is 0.0274. The van der Waals surface area contributed by atoms with Gasteiger partial charge in [0, 0.05) is 32.4 Å². The maximum absolute atomic E-state index is 13.1. The molecule has 0 saturated carbocycles. The van der Waals surface area contributed by atoms with E-state index in [1.165, 1.54) is 4.90 Å². The van der Waals surface area contributed by atoms with Crippen molar-refractivity contribution in [3.05, 3.63) is 71.8 Å². The first kappa shape index (κ1) is 54.1. The number of carbonyl (C=O) groups excluding carboxylic acids is 2. The molecule has 2 aromatic carbocycles. The number of ether oxygens (including phenoxy) is 7. The van der Waals surface area contributed by atoms with Crippen LogP contribution in [0.2, 0.25) is 0 Å². The van der Waals surface area contributed by atoms with E-state index >= 15 is 0 Å². The SMILES string of the molecule is O=C(CCCN(Cc1ccccc1)C(=O)OCc1ccccc1)CCO[C@]1(C(=O)O)C[C@@H](O)[C@@H](O[C@H]2OC([C@@H](O)CO)[C@@H](O)[C@H](O[C@H]3O[C@@H]([C@@H](O)CO)[C@@H](O)C(O)C3O)C2O)C([C@H](O)CO)O1. The van der Waals surface area contributed by atoms with E-state index in [1.807, 2.05) is 48.5 Å². The number of ketones is 1. The molecule has 5 unspecified atom stereocenters. The quantitative estimate of drug-likeness (QED) is 0.0500. The van der Waals surface area contributed by atoms with Crippen molar-refractivity contribution in [3.63, 3.8) is 0 Å². The van der Waals surface area contributed by atoms with Crippen LogP contribution in [0.15, 0.2) is 60.7 Å². The lowest BCUT2D eigenvalue weighted by Crippen LogP contribution is -2.68. The number of nitrogens with zero attached hydrogens (tertiary/aromatic N) is 1. The second kappa shape index (κ2) is 25.1. The molecule has 3 saturated heterocycles. The normalized spacial score (nSPS) is 33.6. The average Bonchev–Trinajstić information content (AvgIpc) is 3.32. The molecule has 0 spiro atoms. The van der Waals surface area contributed by atoms with Gasteiger partial charge in [-0.2, -0.15) is 0 Å². The van der Waals surface area contributed by atoms with E-state index in [9.17, 15) is 80.8 Å². The molecule has 0 aromatic heterocycles. The van der Waals surface area contributed by atoms with Crippen LogP contribution in [0.5, 0.6) is 0 Å². The van der Waals surface area contributed by atoms with E-state index < -0.39 is 155 Å². The molecule has 3 fully saturated rings. The van der Waals surface area contributed by atoms with Crippen molar-refractivity contribution < 1.29 is 114 Å². The number of carboxylic acids is 1. The number of carbonyl (C=O) groups is 3. The predicted octanol–water partition coefficient (Wildman–Crippen LogP) is -4.40. The van der Waals surface area contributed by atoms with Crippen molar-refractivity contribution in [1.29, 1.82) is 0 Å². The third-order valence-electron chi connectivity index (χ3n) is 11.6. The van der Waals surface area contributed by atoms with Crippen molar-refractivity contribution in [3.8, 4) is 0 Å². The predicted molar refractivity (Wildman–Crippen MR) is 221 cm³/mol. The topological polar surface area (TPSA) is 382 Å². The molecule has 376 valence electrons. The fourth-order valence-electron chi connectivity index (χ4n) is 7.85. The number of amides is 1. The van der Waals surface area contributed by atoms with Crippen molar-refractivity contribution in [1.82, 2.24) is 4.90 Å². The zero-order valence-electron chi connectivity index (χ0n) is 36.1. The summed E-state index contributed by atoms with van der Waals surface area (Å²) in [4.78, 5) is 40.3. The van der Waals surface area contributed by atoms with Gasteiger partial charge in [0.2, 0.25) is 0 Å². The number of hydrogen-bond acceptors (Lipinski definition) is 22. The first-order valence-corrected chi connectivity index (χ1v) is 21.6. The Bertz CT molecular complexity index is 1830. The van der Waals surface area contributed by atoms with Crippen LogP contribution in [0.25, 0.3) is 0 Å². The molecule has 3 heterocycles. The smallest absolute Gasteiger partial charge is 0.410 e. The number of aliphatic hydroxyl groups is 12. The van der Waals surface area contributed by atoms with Gasteiger partial charge in [-0.15, -0.1) is 0 Å². The van der Waals surface area contributed by atoms with Crippen LogP contribution in [-0.4, -0.2) is 226 Å². The van der Waals surface area contributed by atoms with Gasteiger partial charge in [-0.25, -0.2) is 9.59 Å². The molecular weight excluding hydrogens is 898 g/mol. The summed E-state index contributed by atoms with van der Waals surface area (Å²) in [6.45, 7) is -3.41. The Morgan fingerprint density at radius 3 is 1.79 bits per heavy atom. The van der Waals surface area contributed by atoms with Gasteiger partial charge in [0.05, 0.1) is 32.5 Å². The highest BCUT2D eigenvalue weighted by Gasteiger charge is 2.58. The van der Waals surface area contributed by atoms with Crippen LogP contribution in [0, 0.1) is 0 Å². The first-order chi connectivity index (χ1) is 31.9. The van der Waals surface area contributed by atoms with Gasteiger partial charge in [-0.1, -0.05) is 60.7 Å². The number of hydrogen-bond donors (Lipinski definition) is 13. The van der Waals surface area contributed by atoms with Crippen LogP contribution in [0.4, 0.5) is 4.79 Å². The van der Waals surface area contributed by atoms with Gasteiger partial charge in [0.1, 0.15) is 91.7 Å². The Hall–Kier alpha value is -3.87. The van der Waals surface area contributed by atoms with Crippen LogP contribution < -0.4 is 0 Å². The van der Waals surface area contributed by atoms with E-state index in [2.05, 4.69) is 0 Å². The summed E-state index contributed by atoms with van der Waals surface area (Å²) in [6, 6.07) is 18.2. The molecule has 2 aromatic rings. The monoisotopic (exact) mass is 959 g/mol. The zero-order valence-corrected chi connectivity index (χ0v) is 36.1. The molecule has 5 rings (SSSR count). The van der Waals surface area contributed by atoms with E-state index in [4.69, 9.17) is 33.2 Å². The van der Waals surface area contributed by atoms with Gasteiger partial charge in [0.15, 0.2) is 12.6 Å². The Morgan fingerprint density at radius 1 is 0.672 bits per heavy atom. The van der Waals surface area contributed by atoms with Gasteiger partial charge >= 0.3 is 12.1 Å². The standard InChI is InChI=1S/C43H61NO23/c45-18-26(50)34-30(54)29(53)31(55)39(63-34)66-38-32(56)35(27(51)19-46)64-40(33(38)57)65-36-25(49)16-43(41(58)59,67-37(36)28(52)20-47)62-15-13-24(48)12-7-14-44(17-22-8-3-1-4-9-22)42(60)61-21-23-10-5-2-6-11-23/h1-6,8-11,25-40,45-47,49-57H,7,12-21H2,(H,58,59)/t25-,26+,27+,28-,29?,30+,31?,32-,33?,34+,35?,36-,37?,38+,39-,40-,43-/m1/s1. The lowest BCUT2D eigenvalue weighted by atomic mass is 9.91. The molecule has 0 bridgehead atoms. The fraction of sp³-hybridized carbons (Fsp3) is 0.651. The van der Waals surface area contributed by atoms with Gasteiger partial charge in [-0.05, 0) is 17.5 Å². The van der Waals surface area contributed by atoms with Gasteiger partial charge in [0.25, 0.3) is 5.79 Å². The average molecular weight is 960 g/mol. The van der Waals surface area contributed by atoms with Crippen LogP contribution in [-0.2, 0) is 55.9 Å². The number of aliphatic carboxylic acids is 1. The van der Waals surface area contributed by atoms with Gasteiger partial charge in [-0.3, -0.25) is 4.79 Å². The lowest BCUT2D eigenvalue weighted by molar-refractivity contribution is -0.388. The molecular formula is C43H61NO23. The minimum atomic E-state index is -2.77. The Labute approximate surface area is 383 Å². The van der Waals surface area contributed by atoms with Crippen molar-refractivity contribution in [2.24, 2.45) is 0 Å². The third-order valence-corrected chi connectivity index (χ3v) is 11.6. The molecule has 0 radical (unpaired) electrons. The highest BCUT2D eigenvalue weighted by molar-refractivity contribution is 5.79. The maximum Gasteiger partial charge on any atom is 0.410 e. The van der Waals surface area contributed by atoms with E-state index in [0.717, 1.165) is 11.1 Å². The summed E-state index contributed by atoms with van der Waals surface area (Å²) in [6.07, 6.45) is -34.0. The van der Waals surface area contributed by atoms with Crippen molar-refractivity contribution >= 4 is 17.8 Å². The molecule has 67 heavy (non-hydrogen) atoms. The Morgan fingerprint density at radius 2 is 1.21 bits per heavy atom. The number of carboxylic acid groups (broad SMARTS) is 1. The summed E-state index contributed by atoms with van der Waals surface area (Å²) in [5, 5.41) is 136. The number of aliphatic hydroxyl groups excluding tert-OH is 12. The van der Waals surface area contributed by atoms with Gasteiger partial charge < -0.3 is 104 Å². The largest absolute Gasteiger partial charge is 0.477 e. The second-order valence-corrected chi connectivity index (χ2v) is 16.4. The summed E-state index contributed by atoms with van der Waals surface area (Å²) in [7, 11) is 0. The molecule has 3 aliphatic heterocycles. The van der Waals surface area contributed by atoms with E-state index in [1.54, 1.807) is 12.1 Å². The lowest BCUT2D eigenvalue weighted by Gasteiger charge is -2.50. The first-order valence-electron chi connectivity index (χ1n) is 21.6. The Kier molecular flexibility index (Phi) is 20.3. The van der Waals surface area contributed by atoms with E-state index in [-0.39, 0.29) is 39.0 Å². The second-order valence-electron chi connectivity index (χ2n) is 16.4. The minimum Gasteiger partial charge on any atom is -0.477 e. The van der Waals surface area contributed by atoms with Crippen molar-refractivity contribution in [2.75, 3.05) is 33.0 Å². The molecule has 13 N–H and O–H groups in total. The number of benzene rings is 2. The molecule has 17 atom stereocenters. The Balaban J connectivity index is 1.23. The van der Waals surface area contributed by atoms with E-state index in [0.29, 0.717) is 0 Å². The number of Topliss-reactive ketones (excluding diaryl/α,β-unsaturated/α-hetero) is 1. The molecule has 1 amide bonds. The summed E-state index contributed by atoms with van der Waals surface area (Å²) in [5.41, 5.74) is 1.60.